The van der Waals surface area contributed by atoms with Crippen LogP contribution in [0, 0.1) is 5.92 Å². The number of para-hydroxylation sites is 1. The van der Waals surface area contributed by atoms with Gasteiger partial charge in [-0.2, -0.15) is 0 Å². The lowest BCUT2D eigenvalue weighted by atomic mass is 9.78. The van der Waals surface area contributed by atoms with Gasteiger partial charge in [0, 0.05) is 34.6 Å². The molecule has 224 valence electrons. The van der Waals surface area contributed by atoms with E-state index < -0.39 is 17.5 Å². The summed E-state index contributed by atoms with van der Waals surface area (Å²) in [5.41, 5.74) is 9.90. The molecule has 4 aromatic rings. The molecule has 4 N–H and O–H groups in total. The molecule has 8 heteroatoms. The maximum Gasteiger partial charge on any atom is 0.246 e. The lowest BCUT2D eigenvalue weighted by molar-refractivity contribution is -0.136. The van der Waals surface area contributed by atoms with E-state index in [0.29, 0.717) is 24.3 Å². The first-order valence-corrected chi connectivity index (χ1v) is 15.3. The van der Waals surface area contributed by atoms with Crippen LogP contribution in [0.3, 0.4) is 0 Å². The van der Waals surface area contributed by atoms with Crippen molar-refractivity contribution in [2.45, 2.75) is 70.5 Å². The molecular weight excluding hydrogens is 560 g/mol. The Hall–Kier alpha value is -4.10. The van der Waals surface area contributed by atoms with Crippen molar-refractivity contribution in [2.24, 2.45) is 11.7 Å². The molecule has 2 atom stereocenters. The first-order chi connectivity index (χ1) is 20.7. The Bertz CT molecular complexity index is 1610. The molecule has 5 rings (SSSR count). The largest absolute Gasteiger partial charge is 0.368 e. The standard InChI is InChI=1S/C35H39ClN4O3/c1-23(2)32(33(37)42)38-34(43)35(39-31(41)21-25-14-16-26(36)17-15-25)19-18-30-28(22-35)27-12-6-7-13-29(27)40(30)20-8-11-24-9-4-3-5-10-24/h3-7,9-10,12-17,23,32H,8,11,18-22H2,1-2H3,(H2,37,42)(H,38,43)(H,39,41)/t32-,35-/m0/s1. The van der Waals surface area contributed by atoms with E-state index in [2.05, 4.69) is 51.6 Å². The Labute approximate surface area is 257 Å². The third kappa shape index (κ3) is 6.78. The summed E-state index contributed by atoms with van der Waals surface area (Å²) in [4.78, 5) is 39.8. The number of carbonyl (C=O) groups is 3. The highest BCUT2D eigenvalue weighted by atomic mass is 35.5. The predicted octanol–water partition coefficient (Wildman–Crippen LogP) is 5.14. The molecule has 0 radical (unpaired) electrons. The van der Waals surface area contributed by atoms with Crippen molar-refractivity contribution >= 4 is 40.2 Å². The third-order valence-corrected chi connectivity index (χ3v) is 8.75. The number of benzene rings is 3. The number of nitrogens with one attached hydrogen (secondary N) is 2. The molecule has 3 amide bonds. The van der Waals surface area contributed by atoms with Gasteiger partial charge in [0.05, 0.1) is 6.42 Å². The SMILES string of the molecule is CC(C)[C@H](NC(=O)[C@]1(NC(=O)Cc2ccc(Cl)cc2)CCc2c(c3ccccc3n2CCCc2ccccc2)C1)C(N)=O. The Balaban J connectivity index is 1.46. The molecule has 7 nitrogen and oxygen atoms in total. The molecule has 1 aromatic heterocycles. The molecule has 0 saturated carbocycles. The highest BCUT2D eigenvalue weighted by molar-refractivity contribution is 6.30. The molecule has 0 aliphatic heterocycles. The predicted molar refractivity (Wildman–Crippen MR) is 171 cm³/mol. The van der Waals surface area contributed by atoms with Crippen LogP contribution >= 0.6 is 11.6 Å². The zero-order chi connectivity index (χ0) is 30.6. The van der Waals surface area contributed by atoms with Crippen molar-refractivity contribution in [3.8, 4) is 0 Å². The Kier molecular flexibility index (Phi) is 9.21. The van der Waals surface area contributed by atoms with Gasteiger partial charge >= 0.3 is 0 Å². The van der Waals surface area contributed by atoms with Crippen molar-refractivity contribution in [3.63, 3.8) is 0 Å². The summed E-state index contributed by atoms with van der Waals surface area (Å²) in [6.07, 6.45) is 3.37. The van der Waals surface area contributed by atoms with Gasteiger partial charge in [-0.3, -0.25) is 14.4 Å². The molecule has 0 unspecified atom stereocenters. The highest BCUT2D eigenvalue weighted by Gasteiger charge is 2.45. The fourth-order valence-electron chi connectivity index (χ4n) is 6.28. The number of primary amides is 1. The summed E-state index contributed by atoms with van der Waals surface area (Å²) in [6.45, 7) is 4.52. The normalized spacial score (nSPS) is 16.9. The Morgan fingerprint density at radius 3 is 2.35 bits per heavy atom. The number of nitrogens with two attached hydrogens (primary N) is 1. The van der Waals surface area contributed by atoms with Gasteiger partial charge in [-0.15, -0.1) is 0 Å². The van der Waals surface area contributed by atoms with E-state index in [0.717, 1.165) is 41.4 Å². The molecule has 1 aliphatic carbocycles. The van der Waals surface area contributed by atoms with E-state index in [1.165, 1.54) is 11.3 Å². The van der Waals surface area contributed by atoms with Crippen molar-refractivity contribution in [1.82, 2.24) is 15.2 Å². The highest BCUT2D eigenvalue weighted by Crippen LogP contribution is 2.37. The molecule has 0 saturated heterocycles. The number of hydrogen-bond acceptors (Lipinski definition) is 3. The quantitative estimate of drug-likeness (QED) is 0.223. The summed E-state index contributed by atoms with van der Waals surface area (Å²) in [6, 6.07) is 25.0. The second-order valence-electron chi connectivity index (χ2n) is 11.9. The van der Waals surface area contributed by atoms with E-state index in [1.807, 2.05) is 32.0 Å². The van der Waals surface area contributed by atoms with Crippen molar-refractivity contribution in [1.29, 1.82) is 0 Å². The zero-order valence-corrected chi connectivity index (χ0v) is 25.5. The molecule has 0 spiro atoms. The van der Waals surface area contributed by atoms with Crippen LogP contribution < -0.4 is 16.4 Å². The summed E-state index contributed by atoms with van der Waals surface area (Å²) in [5.74, 6) is -1.46. The van der Waals surface area contributed by atoms with Gasteiger partial charge in [0.1, 0.15) is 11.6 Å². The fraction of sp³-hybridized carbons (Fsp3) is 0.343. The van der Waals surface area contributed by atoms with Gasteiger partial charge in [0.15, 0.2) is 0 Å². The van der Waals surface area contributed by atoms with Gasteiger partial charge in [-0.05, 0) is 66.5 Å². The Morgan fingerprint density at radius 2 is 1.65 bits per heavy atom. The average Bonchev–Trinajstić information content (AvgIpc) is 3.29. The number of nitrogens with zero attached hydrogens (tertiary/aromatic N) is 1. The number of rotatable bonds is 11. The number of aromatic nitrogens is 1. The Morgan fingerprint density at radius 1 is 0.953 bits per heavy atom. The van der Waals surface area contributed by atoms with Crippen molar-refractivity contribution in [2.75, 3.05) is 0 Å². The van der Waals surface area contributed by atoms with Crippen LogP contribution in [-0.4, -0.2) is 33.9 Å². The van der Waals surface area contributed by atoms with Crippen LogP contribution in [-0.2, 0) is 46.6 Å². The molecule has 43 heavy (non-hydrogen) atoms. The van der Waals surface area contributed by atoms with Crippen LogP contribution in [0.1, 0.15) is 49.1 Å². The molecular formula is C35H39ClN4O3. The lowest BCUT2D eigenvalue weighted by Crippen LogP contribution is -2.64. The van der Waals surface area contributed by atoms with Crippen molar-refractivity contribution < 1.29 is 14.4 Å². The minimum atomic E-state index is -1.24. The van der Waals surface area contributed by atoms with E-state index in [1.54, 1.807) is 24.3 Å². The number of carbonyl (C=O) groups excluding carboxylic acids is 3. The number of fused-ring (bicyclic) bond motifs is 3. The van der Waals surface area contributed by atoms with E-state index >= 15 is 0 Å². The van der Waals surface area contributed by atoms with Gasteiger partial charge in [-0.25, -0.2) is 0 Å². The third-order valence-electron chi connectivity index (χ3n) is 8.50. The number of hydrogen-bond donors (Lipinski definition) is 3. The van der Waals surface area contributed by atoms with Crippen molar-refractivity contribution in [3.05, 3.63) is 106 Å². The summed E-state index contributed by atoms with van der Waals surface area (Å²) < 4.78 is 2.38. The lowest BCUT2D eigenvalue weighted by Gasteiger charge is -2.38. The smallest absolute Gasteiger partial charge is 0.246 e. The molecule has 0 fully saturated rings. The first-order valence-electron chi connectivity index (χ1n) is 15.0. The first kappa shape index (κ1) is 30.4. The minimum Gasteiger partial charge on any atom is -0.368 e. The maximum absolute atomic E-state index is 14.1. The van der Waals surface area contributed by atoms with Crippen LogP contribution in [0.4, 0.5) is 0 Å². The molecule has 1 aliphatic rings. The summed E-state index contributed by atoms with van der Waals surface area (Å²) in [7, 11) is 0. The van der Waals surface area contributed by atoms with Crippen LogP contribution in [0.25, 0.3) is 10.9 Å². The minimum absolute atomic E-state index is 0.101. The molecule has 1 heterocycles. The van der Waals surface area contributed by atoms with E-state index in [9.17, 15) is 14.4 Å². The monoisotopic (exact) mass is 598 g/mol. The van der Waals surface area contributed by atoms with Gasteiger partial charge in [-0.1, -0.05) is 86.1 Å². The van der Waals surface area contributed by atoms with Gasteiger partial charge in [0.2, 0.25) is 17.7 Å². The number of halogens is 1. The number of aryl methyl sites for hydroxylation is 2. The molecule has 3 aromatic carbocycles. The van der Waals surface area contributed by atoms with E-state index in [4.69, 9.17) is 17.3 Å². The fourth-order valence-corrected chi connectivity index (χ4v) is 6.40. The second kappa shape index (κ2) is 13.0. The van der Waals surface area contributed by atoms with Crippen LogP contribution in [0.15, 0.2) is 78.9 Å². The number of amides is 3. The zero-order valence-electron chi connectivity index (χ0n) is 24.7. The summed E-state index contributed by atoms with van der Waals surface area (Å²) in [5, 5.41) is 7.67. The molecule has 0 bridgehead atoms. The van der Waals surface area contributed by atoms with Crippen LogP contribution in [0.5, 0.6) is 0 Å². The van der Waals surface area contributed by atoms with Crippen LogP contribution in [0.2, 0.25) is 5.02 Å². The van der Waals surface area contributed by atoms with E-state index in [-0.39, 0.29) is 24.2 Å². The maximum atomic E-state index is 14.1. The van der Waals surface area contributed by atoms with Gasteiger partial charge in [0.25, 0.3) is 0 Å². The topological polar surface area (TPSA) is 106 Å². The summed E-state index contributed by atoms with van der Waals surface area (Å²) >= 11 is 6.03. The van der Waals surface area contributed by atoms with Gasteiger partial charge < -0.3 is 20.9 Å². The second-order valence-corrected chi connectivity index (χ2v) is 12.3. The average molecular weight is 599 g/mol.